The molecule has 1 aromatic heterocycles. The van der Waals surface area contributed by atoms with Crippen LogP contribution in [-0.2, 0) is 60.4 Å². The van der Waals surface area contributed by atoms with Crippen molar-refractivity contribution in [1.82, 2.24) is 47.1 Å². The second-order valence-electron chi connectivity index (χ2n) is 16.1. The number of carbonyl (C=O) groups is 9. The number of aromatic hydroxyl groups is 1. The van der Waals surface area contributed by atoms with Gasteiger partial charge in [-0.05, 0) is 23.6 Å². The number of hydrogen-bond donors (Lipinski definition) is 13. The molecule has 64 heavy (non-hydrogen) atoms. The molecule has 11 atom stereocenters. The average molecular weight is 919 g/mol. The summed E-state index contributed by atoms with van der Waals surface area (Å²) in [5.74, 6) is -12.1. The lowest BCUT2D eigenvalue weighted by molar-refractivity contribution is -0.144. The molecule has 2 bridgehead atoms. The number of nitrogens with zero attached hydrogens (tertiary/aromatic N) is 1. The van der Waals surface area contributed by atoms with Gasteiger partial charge in [0.1, 0.15) is 47.0 Å². The molecule has 4 heterocycles. The maximum atomic E-state index is 14.6. The fraction of sp³-hybridized carbons (Fsp3) is 0.564. The predicted molar refractivity (Wildman–Crippen MR) is 222 cm³/mol. The van der Waals surface area contributed by atoms with E-state index in [0.717, 1.165) is 4.90 Å². The minimum Gasteiger partial charge on any atom is -0.508 e. The van der Waals surface area contributed by atoms with Crippen LogP contribution in [0.1, 0.15) is 45.6 Å². The van der Waals surface area contributed by atoms with Crippen molar-refractivity contribution in [2.75, 3.05) is 32.0 Å². The lowest BCUT2D eigenvalue weighted by Crippen LogP contribution is -2.62. The zero-order valence-corrected chi connectivity index (χ0v) is 36.0. The van der Waals surface area contributed by atoms with E-state index in [-0.39, 0.29) is 27.2 Å². The highest BCUT2D eigenvalue weighted by Gasteiger charge is 2.45. The van der Waals surface area contributed by atoms with Crippen molar-refractivity contribution < 1.29 is 67.8 Å². The van der Waals surface area contributed by atoms with Crippen LogP contribution in [0.5, 0.6) is 5.75 Å². The molecule has 0 radical (unpaired) electrons. The van der Waals surface area contributed by atoms with Crippen LogP contribution in [0.4, 0.5) is 0 Å². The molecule has 24 nitrogen and oxygen atoms in total. The van der Waals surface area contributed by atoms with Crippen molar-refractivity contribution in [3.05, 3.63) is 23.8 Å². The van der Waals surface area contributed by atoms with E-state index in [1.165, 1.54) is 25.1 Å². The minimum atomic E-state index is -2.38. The Balaban J connectivity index is 1.73. The molecule has 5 rings (SSSR count). The van der Waals surface area contributed by atoms with E-state index in [0.29, 0.717) is 6.42 Å². The first-order valence-electron chi connectivity index (χ1n) is 20.6. The van der Waals surface area contributed by atoms with Crippen LogP contribution in [0.2, 0.25) is 0 Å². The molecule has 3 aliphatic heterocycles. The number of phenolic OH excluding ortho intramolecular Hbond substituents is 1. The number of nitrogens with two attached hydrogens (primary N) is 1. The number of H-pyrrole nitrogens is 1. The van der Waals surface area contributed by atoms with Crippen LogP contribution in [-0.4, -0.2) is 168 Å². The zero-order valence-electron chi connectivity index (χ0n) is 35.2. The largest absolute Gasteiger partial charge is 0.508 e. The summed E-state index contributed by atoms with van der Waals surface area (Å²) in [7, 11) is -2.38. The normalized spacial score (nSPS) is 28.5. The molecular weight excluding hydrogens is 865 g/mol. The van der Waals surface area contributed by atoms with Crippen molar-refractivity contribution >= 4 is 74.9 Å². The Morgan fingerprint density at radius 2 is 1.55 bits per heavy atom. The molecule has 350 valence electrons. The summed E-state index contributed by atoms with van der Waals surface area (Å²) in [6.45, 7) is 1.76. The van der Waals surface area contributed by atoms with Gasteiger partial charge >= 0.3 is 0 Å². The molecule has 14 N–H and O–H groups in total. The highest BCUT2D eigenvalue weighted by atomic mass is 32.2. The summed E-state index contributed by atoms with van der Waals surface area (Å²) in [6, 6.07) is -5.99. The molecule has 1 aromatic carbocycles. The molecule has 0 spiro atoms. The molecule has 2 aromatic rings. The number of aliphatic hydroxyl groups excluding tert-OH is 3. The minimum absolute atomic E-state index is 0.0800. The molecule has 1 saturated heterocycles. The number of phenols is 1. The first kappa shape index (κ1) is 48.8. The van der Waals surface area contributed by atoms with Crippen LogP contribution in [0.25, 0.3) is 10.9 Å². The topological polar surface area (TPSA) is 381 Å². The lowest BCUT2D eigenvalue weighted by atomic mass is 9.93. The predicted octanol–water partition coefficient (Wildman–Crippen LogP) is -5.92. The monoisotopic (exact) mass is 918 g/mol. The van der Waals surface area contributed by atoms with Gasteiger partial charge in [0.25, 0.3) is 0 Å². The van der Waals surface area contributed by atoms with Gasteiger partial charge in [0, 0.05) is 36.8 Å². The van der Waals surface area contributed by atoms with Gasteiger partial charge in [0.05, 0.1) is 60.4 Å². The SMILES string of the molecule is CC[C@H](C)[C@@H]1NC(=O)CNC(=O)[C@H]2Cc3c([nH]c4cc(O)ccc34)S(=O)C[C@H](NC(=O)CNC1=O)C(=O)NC(CC(N)=O)C(=O)N1C[C@H](O)C[C@H]1C(=O)N[C@@H]([C@@H](C)[C@@H](O)CO)C(=O)N2. The zero-order chi connectivity index (χ0) is 47.2. The van der Waals surface area contributed by atoms with Gasteiger partial charge in [-0.2, -0.15) is 0 Å². The Bertz CT molecular complexity index is 2200. The lowest BCUT2D eigenvalue weighted by Gasteiger charge is -2.32. The maximum Gasteiger partial charge on any atom is 0.246 e. The molecular formula is C39H54N10O14S. The number of nitrogens with one attached hydrogen (secondary N) is 8. The average Bonchev–Trinajstić information content (AvgIpc) is 3.82. The summed E-state index contributed by atoms with van der Waals surface area (Å²) < 4.78 is 14.6. The van der Waals surface area contributed by atoms with Crippen LogP contribution >= 0.6 is 0 Å². The fourth-order valence-electron chi connectivity index (χ4n) is 7.70. The molecule has 0 aliphatic carbocycles. The number of rotatable bonds is 7. The molecule has 1 fully saturated rings. The van der Waals surface area contributed by atoms with Crippen LogP contribution in [0, 0.1) is 11.8 Å². The number of amides is 9. The van der Waals surface area contributed by atoms with E-state index in [9.17, 15) is 67.8 Å². The van der Waals surface area contributed by atoms with E-state index in [2.05, 4.69) is 42.2 Å². The van der Waals surface area contributed by atoms with Crippen molar-refractivity contribution in [2.45, 2.75) is 99.9 Å². The van der Waals surface area contributed by atoms with Crippen LogP contribution < -0.4 is 43.0 Å². The smallest absolute Gasteiger partial charge is 0.246 e. The number of primary amides is 1. The Kier molecular flexibility index (Phi) is 16.0. The standard InChI is InChI=1S/C39H54N10O14S/c1-4-16(2)31-36(60)42-11-29(55)43-25-15-64(63)38-21(20-6-5-18(51)7-22(20)46-38)9-23(33(57)41-12-30(56)47-31)44-37(61)32(17(3)27(53)14-50)48-35(59)26-8-19(52)13-49(26)39(62)24(10-28(40)54)45-34(25)58/h5-7,16-17,19,23-27,31-32,46,50-53H,4,8-15H2,1-3H3,(H2,40,54)(H,41,57)(H,42,60)(H,43,55)(H,44,61)(H,45,58)(H,47,56)(H,48,59)/t16-,17-,19+,23+,24?,25-,26-,27-,31-,32-,64?/m0/s1. The van der Waals surface area contributed by atoms with Gasteiger partial charge in [0.2, 0.25) is 53.2 Å². The fourth-order valence-corrected chi connectivity index (χ4v) is 9.10. The summed E-state index contributed by atoms with van der Waals surface area (Å²) >= 11 is 0. The van der Waals surface area contributed by atoms with E-state index in [1.807, 2.05) is 0 Å². The third-order valence-corrected chi connectivity index (χ3v) is 13.0. The van der Waals surface area contributed by atoms with Gasteiger partial charge < -0.3 is 73.3 Å². The van der Waals surface area contributed by atoms with E-state index in [4.69, 9.17) is 5.73 Å². The van der Waals surface area contributed by atoms with Crippen molar-refractivity contribution in [3.8, 4) is 5.75 Å². The van der Waals surface area contributed by atoms with Gasteiger partial charge in [-0.25, -0.2) is 0 Å². The van der Waals surface area contributed by atoms with Gasteiger partial charge in [-0.1, -0.05) is 27.2 Å². The Labute approximate surface area is 368 Å². The van der Waals surface area contributed by atoms with Crippen molar-refractivity contribution in [2.24, 2.45) is 17.6 Å². The number of hydrogen-bond acceptors (Lipinski definition) is 14. The summed E-state index contributed by atoms with van der Waals surface area (Å²) in [5.41, 5.74) is 5.73. The molecule has 3 aliphatic rings. The third-order valence-electron chi connectivity index (χ3n) is 11.5. The van der Waals surface area contributed by atoms with Gasteiger partial charge in [-0.3, -0.25) is 47.4 Å². The summed E-state index contributed by atoms with van der Waals surface area (Å²) in [6.07, 6.45) is -4.42. The Morgan fingerprint density at radius 3 is 2.20 bits per heavy atom. The van der Waals surface area contributed by atoms with Gasteiger partial charge in [-0.15, -0.1) is 0 Å². The number of fused-ring (bicyclic) bond motifs is 5. The molecule has 0 saturated carbocycles. The summed E-state index contributed by atoms with van der Waals surface area (Å²) in [5, 5.41) is 58.8. The number of aromatic amines is 1. The second-order valence-corrected chi connectivity index (χ2v) is 17.6. The highest BCUT2D eigenvalue weighted by molar-refractivity contribution is 7.85. The first-order valence-corrected chi connectivity index (χ1v) is 21.9. The Morgan fingerprint density at radius 1 is 0.875 bits per heavy atom. The first-order chi connectivity index (χ1) is 30.2. The van der Waals surface area contributed by atoms with Crippen LogP contribution in [0.3, 0.4) is 0 Å². The van der Waals surface area contributed by atoms with E-state index < -0.39 is 176 Å². The number of carbonyl (C=O) groups excluding carboxylic acids is 9. The molecule has 25 heteroatoms. The second kappa shape index (κ2) is 21.0. The maximum absolute atomic E-state index is 14.6. The summed E-state index contributed by atoms with van der Waals surface area (Å²) in [4.78, 5) is 127. The number of aromatic nitrogens is 1. The van der Waals surface area contributed by atoms with E-state index >= 15 is 0 Å². The third kappa shape index (κ3) is 11.5. The Hall–Kier alpha value is -6.18. The number of benzene rings is 1. The molecule has 2 unspecified atom stereocenters. The van der Waals surface area contributed by atoms with Crippen molar-refractivity contribution in [1.29, 1.82) is 0 Å². The molecule has 9 amide bonds. The van der Waals surface area contributed by atoms with E-state index in [1.54, 1.807) is 13.8 Å². The highest BCUT2D eigenvalue weighted by Crippen LogP contribution is 2.30. The van der Waals surface area contributed by atoms with Gasteiger partial charge in [0.15, 0.2) is 0 Å². The van der Waals surface area contributed by atoms with Crippen LogP contribution in [0.15, 0.2) is 23.2 Å². The number of aliphatic hydroxyl groups is 3. The van der Waals surface area contributed by atoms with Crippen molar-refractivity contribution in [3.63, 3.8) is 0 Å². The quantitative estimate of drug-likeness (QED) is 0.123.